The van der Waals surface area contributed by atoms with Gasteiger partial charge >= 0.3 is 0 Å². The Bertz CT molecular complexity index is 885. The molecular formula is C20H19NOS. The molecule has 0 fully saturated rings. The molecule has 0 atom stereocenters. The summed E-state index contributed by atoms with van der Waals surface area (Å²) in [6, 6.07) is 8.55. The van der Waals surface area contributed by atoms with Crippen molar-refractivity contribution in [2.45, 2.75) is 26.2 Å². The fraction of sp³-hybridized carbons (Fsp3) is 0.200. The van der Waals surface area contributed by atoms with Gasteiger partial charge < -0.3 is 9.64 Å². The standard InChI is InChI=1S/C20H19NOS/c1-6-14-16(7-2)22-17-10-8-9-13-18(17)21(14)15-11-12(3)23-19(15)20(13,4)5/h6-11H,1-2H2,3-5H3. The molecule has 0 N–H and O–H groups in total. The van der Waals surface area contributed by atoms with Crippen molar-refractivity contribution >= 4 is 22.7 Å². The lowest BCUT2D eigenvalue weighted by Crippen LogP contribution is -2.33. The zero-order valence-corrected chi connectivity index (χ0v) is 14.5. The number of rotatable bonds is 2. The molecule has 3 heteroatoms. The molecule has 0 spiro atoms. The van der Waals surface area contributed by atoms with E-state index in [2.05, 4.69) is 57.0 Å². The van der Waals surface area contributed by atoms with Gasteiger partial charge in [0.05, 0.1) is 17.1 Å². The Hall–Kier alpha value is -2.26. The lowest BCUT2D eigenvalue weighted by Gasteiger charge is -2.43. The third-order valence-electron chi connectivity index (χ3n) is 4.63. The number of anilines is 2. The van der Waals surface area contributed by atoms with Crippen molar-refractivity contribution in [2.75, 3.05) is 4.90 Å². The van der Waals surface area contributed by atoms with Gasteiger partial charge in [0.25, 0.3) is 0 Å². The summed E-state index contributed by atoms with van der Waals surface area (Å²) in [7, 11) is 0. The molecule has 0 radical (unpaired) electrons. The van der Waals surface area contributed by atoms with E-state index in [4.69, 9.17) is 4.74 Å². The Balaban J connectivity index is 2.13. The lowest BCUT2D eigenvalue weighted by molar-refractivity contribution is 0.427. The molecule has 3 heterocycles. The smallest absolute Gasteiger partial charge is 0.151 e. The monoisotopic (exact) mass is 321 g/mol. The van der Waals surface area contributed by atoms with E-state index in [9.17, 15) is 0 Å². The summed E-state index contributed by atoms with van der Waals surface area (Å²) in [6.45, 7) is 14.6. The van der Waals surface area contributed by atoms with Gasteiger partial charge in [0.1, 0.15) is 0 Å². The highest BCUT2D eigenvalue weighted by molar-refractivity contribution is 7.12. The van der Waals surface area contributed by atoms with E-state index in [-0.39, 0.29) is 5.41 Å². The molecule has 1 aromatic heterocycles. The minimum atomic E-state index is -0.0442. The van der Waals surface area contributed by atoms with Gasteiger partial charge in [-0.15, -0.1) is 11.3 Å². The third-order valence-corrected chi connectivity index (χ3v) is 6.00. The number of hydrogen-bond donors (Lipinski definition) is 0. The van der Waals surface area contributed by atoms with Gasteiger partial charge in [0.2, 0.25) is 0 Å². The number of ether oxygens (including phenoxy) is 1. The first-order valence-electron chi connectivity index (χ1n) is 7.70. The molecule has 2 aliphatic rings. The van der Waals surface area contributed by atoms with Crippen molar-refractivity contribution in [2.24, 2.45) is 0 Å². The Morgan fingerprint density at radius 1 is 1.22 bits per heavy atom. The van der Waals surface area contributed by atoms with Crippen LogP contribution in [0, 0.1) is 6.92 Å². The molecule has 2 nitrogen and oxygen atoms in total. The predicted octanol–water partition coefficient (Wildman–Crippen LogP) is 5.81. The van der Waals surface area contributed by atoms with Crippen LogP contribution in [0.4, 0.5) is 11.4 Å². The summed E-state index contributed by atoms with van der Waals surface area (Å²) in [5, 5.41) is 0. The molecule has 0 unspecified atom stereocenters. The summed E-state index contributed by atoms with van der Waals surface area (Å²) >= 11 is 1.87. The van der Waals surface area contributed by atoms with Gasteiger partial charge in [-0.1, -0.05) is 39.1 Å². The van der Waals surface area contributed by atoms with Crippen LogP contribution in [0.3, 0.4) is 0 Å². The van der Waals surface area contributed by atoms with Crippen molar-refractivity contribution < 1.29 is 4.74 Å². The second-order valence-corrected chi connectivity index (χ2v) is 7.70. The molecule has 2 aromatic rings. The van der Waals surface area contributed by atoms with Crippen LogP contribution in [-0.2, 0) is 5.41 Å². The first-order valence-corrected chi connectivity index (χ1v) is 8.52. The highest BCUT2D eigenvalue weighted by atomic mass is 32.1. The molecule has 116 valence electrons. The van der Waals surface area contributed by atoms with Gasteiger partial charge in [0, 0.05) is 15.2 Å². The maximum Gasteiger partial charge on any atom is 0.151 e. The number of aryl methyl sites for hydroxylation is 1. The highest BCUT2D eigenvalue weighted by Gasteiger charge is 2.42. The molecule has 0 amide bonds. The van der Waals surface area contributed by atoms with E-state index < -0.39 is 0 Å². The Kier molecular flexibility index (Phi) is 2.88. The molecule has 23 heavy (non-hydrogen) atoms. The summed E-state index contributed by atoms with van der Waals surface area (Å²) in [5.41, 5.74) is 4.55. The third kappa shape index (κ3) is 1.74. The van der Waals surface area contributed by atoms with E-state index in [0.717, 1.165) is 22.9 Å². The fourth-order valence-electron chi connectivity index (χ4n) is 3.57. The van der Waals surface area contributed by atoms with E-state index in [0.29, 0.717) is 0 Å². The average Bonchev–Trinajstić information content (AvgIpc) is 2.94. The number of para-hydroxylation sites is 1. The van der Waals surface area contributed by atoms with Crippen LogP contribution >= 0.6 is 11.3 Å². The minimum Gasteiger partial charge on any atom is -0.453 e. The van der Waals surface area contributed by atoms with Crippen molar-refractivity contribution in [1.29, 1.82) is 0 Å². The zero-order chi connectivity index (χ0) is 16.4. The van der Waals surface area contributed by atoms with Crippen LogP contribution < -0.4 is 9.64 Å². The highest BCUT2D eigenvalue weighted by Crippen LogP contribution is 2.57. The first kappa shape index (κ1) is 14.3. The zero-order valence-electron chi connectivity index (χ0n) is 13.6. The van der Waals surface area contributed by atoms with Gasteiger partial charge in [0.15, 0.2) is 11.5 Å². The average molecular weight is 321 g/mol. The summed E-state index contributed by atoms with van der Waals surface area (Å²) in [4.78, 5) is 4.97. The number of nitrogens with zero attached hydrogens (tertiary/aromatic N) is 1. The van der Waals surface area contributed by atoms with Gasteiger partial charge in [-0.3, -0.25) is 0 Å². The van der Waals surface area contributed by atoms with Crippen LogP contribution in [0.25, 0.3) is 0 Å². The molecule has 0 aliphatic carbocycles. The van der Waals surface area contributed by atoms with Crippen molar-refractivity contribution in [3.63, 3.8) is 0 Å². The quantitative estimate of drug-likeness (QED) is 0.692. The summed E-state index contributed by atoms with van der Waals surface area (Å²) in [6.07, 6.45) is 3.61. The summed E-state index contributed by atoms with van der Waals surface area (Å²) in [5.74, 6) is 1.63. The van der Waals surface area contributed by atoms with Gasteiger partial charge in [-0.2, -0.15) is 0 Å². The first-order chi connectivity index (χ1) is 11.0. The Morgan fingerprint density at radius 2 is 2.00 bits per heavy atom. The van der Waals surface area contributed by atoms with Crippen LogP contribution in [-0.4, -0.2) is 0 Å². The molecular weight excluding hydrogens is 302 g/mol. The number of benzene rings is 1. The maximum atomic E-state index is 6.10. The fourth-order valence-corrected chi connectivity index (χ4v) is 4.68. The van der Waals surface area contributed by atoms with Crippen molar-refractivity contribution in [1.82, 2.24) is 0 Å². The van der Waals surface area contributed by atoms with E-state index >= 15 is 0 Å². The molecule has 0 saturated heterocycles. The topological polar surface area (TPSA) is 12.5 Å². The van der Waals surface area contributed by atoms with Gasteiger partial charge in [-0.25, -0.2) is 0 Å². The normalized spacial score (nSPS) is 17.3. The molecule has 1 aromatic carbocycles. The van der Waals surface area contributed by atoms with Gasteiger partial charge in [-0.05, 0) is 36.8 Å². The largest absolute Gasteiger partial charge is 0.453 e. The molecule has 2 aliphatic heterocycles. The van der Waals surface area contributed by atoms with Crippen LogP contribution in [0.15, 0.2) is 61.0 Å². The van der Waals surface area contributed by atoms with E-state index in [1.54, 1.807) is 6.08 Å². The van der Waals surface area contributed by atoms with E-state index in [1.807, 2.05) is 23.5 Å². The Morgan fingerprint density at radius 3 is 2.70 bits per heavy atom. The summed E-state index contributed by atoms with van der Waals surface area (Å²) < 4.78 is 6.10. The number of fused-ring (bicyclic) bond motifs is 2. The SMILES string of the molecule is C=CC1=C(C=C)N2c3cc(C)sc3C(C)(C)c3cccc(c32)O1. The second-order valence-electron chi connectivity index (χ2n) is 6.44. The second kappa shape index (κ2) is 4.62. The predicted molar refractivity (Wildman–Crippen MR) is 97.8 cm³/mol. The molecule has 4 rings (SSSR count). The molecule has 0 saturated carbocycles. The number of allylic oxidation sites excluding steroid dienone is 2. The molecule has 0 bridgehead atoms. The van der Waals surface area contributed by atoms with Crippen molar-refractivity contribution in [3.8, 4) is 5.75 Å². The van der Waals surface area contributed by atoms with Crippen LogP contribution in [0.5, 0.6) is 5.75 Å². The number of hydrogen-bond acceptors (Lipinski definition) is 3. The minimum absolute atomic E-state index is 0.0442. The van der Waals surface area contributed by atoms with Crippen LogP contribution in [0.2, 0.25) is 0 Å². The lowest BCUT2D eigenvalue weighted by atomic mass is 9.78. The maximum absolute atomic E-state index is 6.10. The Labute approximate surface area is 141 Å². The van der Waals surface area contributed by atoms with Crippen molar-refractivity contribution in [3.05, 3.63) is 76.3 Å². The number of thiophene rings is 1. The van der Waals surface area contributed by atoms with E-state index in [1.165, 1.54) is 21.0 Å². The van der Waals surface area contributed by atoms with Crippen LogP contribution in [0.1, 0.15) is 29.2 Å².